The summed E-state index contributed by atoms with van der Waals surface area (Å²) in [4.78, 5) is 2.32. The Hall–Kier alpha value is -2.54. The van der Waals surface area contributed by atoms with E-state index in [9.17, 15) is 0 Å². The summed E-state index contributed by atoms with van der Waals surface area (Å²) >= 11 is 0. The molecule has 25 heavy (non-hydrogen) atoms. The molecule has 0 atom stereocenters. The van der Waals surface area contributed by atoms with E-state index in [1.807, 2.05) is 26.8 Å². The Kier molecular flexibility index (Phi) is 9.10. The lowest BCUT2D eigenvalue weighted by Gasteiger charge is -2.28. The summed E-state index contributed by atoms with van der Waals surface area (Å²) in [6, 6.07) is 19.0. The first-order chi connectivity index (χ1) is 12.1. The third-order valence-corrected chi connectivity index (χ3v) is 3.93. The van der Waals surface area contributed by atoms with E-state index in [4.69, 9.17) is 0 Å². The number of benzene rings is 2. The first-order valence-corrected chi connectivity index (χ1v) is 9.02. The van der Waals surface area contributed by atoms with Crippen LogP contribution in [0.4, 0.5) is 11.4 Å². The number of allylic oxidation sites excluding steroid dienone is 6. The lowest BCUT2D eigenvalue weighted by molar-refractivity contribution is 1.11. The van der Waals surface area contributed by atoms with Crippen LogP contribution >= 0.6 is 0 Å². The Morgan fingerprint density at radius 3 is 2.04 bits per heavy atom. The molecule has 2 aromatic rings. The van der Waals surface area contributed by atoms with Gasteiger partial charge in [-0.3, -0.25) is 0 Å². The van der Waals surface area contributed by atoms with Crippen molar-refractivity contribution in [3.63, 3.8) is 0 Å². The number of nitrogens with zero attached hydrogens (tertiary/aromatic N) is 1. The molecular formula is C24H31N. The van der Waals surface area contributed by atoms with Gasteiger partial charge in [0.05, 0.1) is 0 Å². The van der Waals surface area contributed by atoms with Gasteiger partial charge >= 0.3 is 0 Å². The van der Waals surface area contributed by atoms with E-state index < -0.39 is 0 Å². The molecule has 2 rings (SSSR count). The lowest BCUT2D eigenvalue weighted by Crippen LogP contribution is -2.16. The van der Waals surface area contributed by atoms with E-state index in [2.05, 4.69) is 98.5 Å². The molecule has 0 aliphatic rings. The zero-order chi connectivity index (χ0) is 18.7. The minimum atomic E-state index is 1.18. The summed E-state index contributed by atoms with van der Waals surface area (Å²) in [5, 5.41) is 0. The van der Waals surface area contributed by atoms with Gasteiger partial charge in [0.1, 0.15) is 0 Å². The Bertz CT molecular complexity index is 721. The molecule has 0 saturated carbocycles. The Balaban J connectivity index is 0.00000151. The maximum absolute atomic E-state index is 2.32. The largest absolute Gasteiger partial charge is 0.314 e. The maximum atomic E-state index is 2.32. The minimum Gasteiger partial charge on any atom is -0.314 e. The fourth-order valence-corrected chi connectivity index (χ4v) is 2.51. The average molecular weight is 334 g/mol. The maximum Gasteiger partial charge on any atom is 0.0487 e. The quantitative estimate of drug-likeness (QED) is 0.509. The van der Waals surface area contributed by atoms with E-state index in [0.717, 1.165) is 0 Å². The van der Waals surface area contributed by atoms with Crippen LogP contribution in [-0.4, -0.2) is 0 Å². The van der Waals surface area contributed by atoms with Gasteiger partial charge in [0.15, 0.2) is 0 Å². The average Bonchev–Trinajstić information content (AvgIpc) is 2.66. The molecule has 0 unspecified atom stereocenters. The van der Waals surface area contributed by atoms with E-state index in [-0.39, 0.29) is 0 Å². The summed E-state index contributed by atoms with van der Waals surface area (Å²) in [7, 11) is 0. The molecule has 0 aromatic heterocycles. The minimum absolute atomic E-state index is 1.18. The van der Waals surface area contributed by atoms with Crippen molar-refractivity contribution in [1.82, 2.24) is 0 Å². The Morgan fingerprint density at radius 1 is 0.840 bits per heavy atom. The summed E-state index contributed by atoms with van der Waals surface area (Å²) in [5.41, 5.74) is 6.13. The van der Waals surface area contributed by atoms with Crippen LogP contribution < -0.4 is 4.90 Å². The molecule has 1 nitrogen and oxygen atoms in total. The van der Waals surface area contributed by atoms with Crippen molar-refractivity contribution >= 4 is 11.4 Å². The SMILES string of the molecule is CC.C\C=C/C=C\C(C)=C(/C)N(c1ccccc1)c1ccccc1C. The van der Waals surface area contributed by atoms with Gasteiger partial charge in [-0.05, 0) is 57.0 Å². The molecule has 0 saturated heterocycles. The van der Waals surface area contributed by atoms with E-state index in [1.165, 1.54) is 28.2 Å². The molecule has 2 aromatic carbocycles. The molecule has 0 bridgehead atoms. The van der Waals surface area contributed by atoms with Gasteiger partial charge in [-0.1, -0.05) is 74.5 Å². The van der Waals surface area contributed by atoms with Crippen LogP contribution in [-0.2, 0) is 0 Å². The highest BCUT2D eigenvalue weighted by Gasteiger charge is 2.14. The van der Waals surface area contributed by atoms with Gasteiger partial charge < -0.3 is 4.90 Å². The highest BCUT2D eigenvalue weighted by Crippen LogP contribution is 2.33. The van der Waals surface area contributed by atoms with Gasteiger partial charge in [0, 0.05) is 17.1 Å². The third-order valence-electron chi connectivity index (χ3n) is 3.93. The number of hydrogen-bond donors (Lipinski definition) is 0. The highest BCUT2D eigenvalue weighted by atomic mass is 15.1. The van der Waals surface area contributed by atoms with Crippen LogP contribution in [0.5, 0.6) is 0 Å². The van der Waals surface area contributed by atoms with Gasteiger partial charge in [-0.2, -0.15) is 0 Å². The first-order valence-electron chi connectivity index (χ1n) is 9.02. The fraction of sp³-hybridized carbons (Fsp3) is 0.250. The smallest absolute Gasteiger partial charge is 0.0487 e. The molecule has 0 radical (unpaired) electrons. The second-order valence-corrected chi connectivity index (χ2v) is 5.61. The van der Waals surface area contributed by atoms with E-state index in [0.29, 0.717) is 0 Å². The first kappa shape index (κ1) is 20.5. The van der Waals surface area contributed by atoms with Crippen molar-refractivity contribution in [3.05, 3.63) is 95.7 Å². The third kappa shape index (κ3) is 5.79. The lowest BCUT2D eigenvalue weighted by atomic mass is 10.1. The second-order valence-electron chi connectivity index (χ2n) is 5.61. The van der Waals surface area contributed by atoms with Crippen LogP contribution in [0.15, 0.2) is 90.2 Å². The van der Waals surface area contributed by atoms with Gasteiger partial charge in [0.25, 0.3) is 0 Å². The van der Waals surface area contributed by atoms with E-state index in [1.54, 1.807) is 0 Å². The number of anilines is 2. The van der Waals surface area contributed by atoms with Crippen LogP contribution in [0, 0.1) is 6.92 Å². The molecule has 0 heterocycles. The van der Waals surface area contributed by atoms with Crippen molar-refractivity contribution in [2.24, 2.45) is 0 Å². The van der Waals surface area contributed by atoms with Crippen LogP contribution in [0.25, 0.3) is 0 Å². The fourth-order valence-electron chi connectivity index (χ4n) is 2.51. The van der Waals surface area contributed by atoms with Crippen LogP contribution in [0.1, 0.15) is 40.2 Å². The summed E-state index contributed by atoms with van der Waals surface area (Å²) < 4.78 is 0. The number of para-hydroxylation sites is 2. The van der Waals surface area contributed by atoms with Crippen LogP contribution in [0.2, 0.25) is 0 Å². The summed E-state index contributed by atoms with van der Waals surface area (Å²) in [5.74, 6) is 0. The van der Waals surface area contributed by atoms with Crippen molar-refractivity contribution < 1.29 is 0 Å². The van der Waals surface area contributed by atoms with Crippen molar-refractivity contribution in [1.29, 1.82) is 0 Å². The van der Waals surface area contributed by atoms with Gasteiger partial charge in [0.2, 0.25) is 0 Å². The topological polar surface area (TPSA) is 3.24 Å². The molecule has 0 aliphatic carbocycles. The van der Waals surface area contributed by atoms with Crippen LogP contribution in [0.3, 0.4) is 0 Å². The van der Waals surface area contributed by atoms with Crippen molar-refractivity contribution in [2.45, 2.75) is 41.5 Å². The molecule has 132 valence electrons. The number of hydrogen-bond acceptors (Lipinski definition) is 1. The normalized spacial score (nSPS) is 11.9. The Morgan fingerprint density at radius 2 is 1.44 bits per heavy atom. The molecule has 0 spiro atoms. The predicted octanol–water partition coefficient (Wildman–Crippen LogP) is 7.59. The molecular weight excluding hydrogens is 302 g/mol. The molecule has 0 N–H and O–H groups in total. The Labute approximate surface area is 154 Å². The standard InChI is InChI=1S/C22H25N.C2H6/c1-5-6-8-13-18(2)20(4)23(21-15-9-7-10-16-21)22-17-12-11-14-19(22)3;1-2/h5-17H,1-4H3;1-2H3/b6-5-,13-8-,20-18+;. The van der Waals surface area contributed by atoms with Crippen molar-refractivity contribution in [2.75, 3.05) is 4.90 Å². The monoisotopic (exact) mass is 333 g/mol. The number of aryl methyl sites for hydroxylation is 1. The van der Waals surface area contributed by atoms with Gasteiger partial charge in [-0.25, -0.2) is 0 Å². The molecule has 0 fully saturated rings. The molecule has 0 amide bonds. The van der Waals surface area contributed by atoms with Crippen molar-refractivity contribution in [3.8, 4) is 0 Å². The van der Waals surface area contributed by atoms with E-state index >= 15 is 0 Å². The molecule has 1 heteroatoms. The summed E-state index contributed by atoms with van der Waals surface area (Å²) in [6.45, 7) is 12.5. The number of rotatable bonds is 5. The second kappa shape index (κ2) is 11.1. The zero-order valence-electron chi connectivity index (χ0n) is 16.5. The molecule has 0 aliphatic heterocycles. The van der Waals surface area contributed by atoms with Gasteiger partial charge in [-0.15, -0.1) is 0 Å². The summed E-state index contributed by atoms with van der Waals surface area (Å²) in [6.07, 6.45) is 8.33. The predicted molar refractivity (Wildman–Crippen MR) is 113 cm³/mol. The highest BCUT2D eigenvalue weighted by molar-refractivity contribution is 5.71. The zero-order valence-corrected chi connectivity index (χ0v) is 16.5.